The standard InChI is InChI=1S/C19H19N3O2/c1-13(19-21-16-8-3-4-9-17(16)22-19)20-18(23)11-10-14-6-5-7-15(12-14)24-2/h3-13H,1-2H3,(H,20,23)(H,21,22)/b11-10+. The van der Waals surface area contributed by atoms with E-state index in [4.69, 9.17) is 4.74 Å². The fourth-order valence-electron chi connectivity index (χ4n) is 2.42. The molecule has 0 fully saturated rings. The molecule has 1 atom stereocenters. The van der Waals surface area contributed by atoms with Crippen LogP contribution in [0.3, 0.4) is 0 Å². The average Bonchev–Trinajstić information content (AvgIpc) is 3.04. The Hall–Kier alpha value is -3.08. The molecular weight excluding hydrogens is 302 g/mol. The normalized spacial score (nSPS) is 12.4. The number of nitrogens with zero attached hydrogens (tertiary/aromatic N) is 1. The van der Waals surface area contributed by atoms with Crippen LogP contribution in [0.15, 0.2) is 54.6 Å². The van der Waals surface area contributed by atoms with Gasteiger partial charge in [-0.25, -0.2) is 4.98 Å². The van der Waals surface area contributed by atoms with Gasteiger partial charge in [0.15, 0.2) is 0 Å². The van der Waals surface area contributed by atoms with E-state index in [0.717, 1.165) is 28.2 Å². The van der Waals surface area contributed by atoms with Crippen LogP contribution in [0.2, 0.25) is 0 Å². The van der Waals surface area contributed by atoms with E-state index in [1.165, 1.54) is 6.08 Å². The maximum Gasteiger partial charge on any atom is 0.244 e. The van der Waals surface area contributed by atoms with E-state index in [2.05, 4.69) is 15.3 Å². The van der Waals surface area contributed by atoms with E-state index in [-0.39, 0.29) is 11.9 Å². The van der Waals surface area contributed by atoms with E-state index in [1.807, 2.05) is 55.5 Å². The van der Waals surface area contributed by atoms with Gasteiger partial charge in [-0.05, 0) is 42.8 Å². The smallest absolute Gasteiger partial charge is 0.244 e. The summed E-state index contributed by atoms with van der Waals surface area (Å²) in [4.78, 5) is 19.8. The molecule has 0 aliphatic heterocycles. The summed E-state index contributed by atoms with van der Waals surface area (Å²) in [6.45, 7) is 1.90. The van der Waals surface area contributed by atoms with E-state index in [9.17, 15) is 4.79 Å². The number of H-pyrrole nitrogens is 1. The zero-order chi connectivity index (χ0) is 16.9. The van der Waals surface area contributed by atoms with Gasteiger partial charge in [0.1, 0.15) is 11.6 Å². The number of methoxy groups -OCH3 is 1. The Kier molecular flexibility index (Phi) is 4.61. The number of fused-ring (bicyclic) bond motifs is 1. The lowest BCUT2D eigenvalue weighted by molar-refractivity contribution is -0.117. The van der Waals surface area contributed by atoms with Gasteiger partial charge in [-0.2, -0.15) is 0 Å². The quantitative estimate of drug-likeness (QED) is 0.707. The van der Waals surface area contributed by atoms with Crippen molar-refractivity contribution in [2.24, 2.45) is 0 Å². The number of imidazole rings is 1. The Morgan fingerprint density at radius 2 is 2.08 bits per heavy atom. The first kappa shape index (κ1) is 15.8. The average molecular weight is 321 g/mol. The van der Waals surface area contributed by atoms with Gasteiger partial charge in [-0.1, -0.05) is 24.3 Å². The maximum absolute atomic E-state index is 12.1. The van der Waals surface area contributed by atoms with E-state index in [1.54, 1.807) is 13.2 Å². The Labute approximate surface area is 140 Å². The van der Waals surface area contributed by atoms with Crippen molar-refractivity contribution in [2.45, 2.75) is 13.0 Å². The summed E-state index contributed by atoms with van der Waals surface area (Å²) in [5, 5.41) is 2.91. The molecule has 0 bridgehead atoms. The number of benzene rings is 2. The molecule has 1 heterocycles. The van der Waals surface area contributed by atoms with Crippen molar-refractivity contribution in [2.75, 3.05) is 7.11 Å². The zero-order valence-corrected chi connectivity index (χ0v) is 13.6. The maximum atomic E-state index is 12.1. The number of hydrogen-bond donors (Lipinski definition) is 2. The summed E-state index contributed by atoms with van der Waals surface area (Å²) in [7, 11) is 1.62. The predicted molar refractivity (Wildman–Crippen MR) is 94.7 cm³/mol. The third-order valence-electron chi connectivity index (χ3n) is 3.70. The second-order valence-corrected chi connectivity index (χ2v) is 5.48. The van der Waals surface area contributed by atoms with Gasteiger partial charge in [0.2, 0.25) is 5.91 Å². The van der Waals surface area contributed by atoms with Gasteiger partial charge in [0.05, 0.1) is 24.2 Å². The number of carbonyl (C=O) groups is 1. The number of hydrogen-bond acceptors (Lipinski definition) is 3. The SMILES string of the molecule is COc1cccc(/C=C/C(=O)NC(C)c2nc3ccccc3[nH]2)c1. The molecule has 0 aliphatic carbocycles. The monoisotopic (exact) mass is 321 g/mol. The van der Waals surface area contributed by atoms with Crippen LogP contribution in [0.5, 0.6) is 5.75 Å². The molecule has 0 saturated heterocycles. The third kappa shape index (κ3) is 3.63. The van der Waals surface area contributed by atoms with Crippen LogP contribution in [0.4, 0.5) is 0 Å². The van der Waals surface area contributed by atoms with Gasteiger partial charge in [-0.15, -0.1) is 0 Å². The molecular formula is C19H19N3O2. The molecule has 3 aromatic rings. The Bertz CT molecular complexity index is 850. The molecule has 2 N–H and O–H groups in total. The Balaban J connectivity index is 1.66. The molecule has 1 amide bonds. The highest BCUT2D eigenvalue weighted by atomic mass is 16.5. The van der Waals surface area contributed by atoms with Crippen LogP contribution in [-0.4, -0.2) is 23.0 Å². The molecule has 1 aromatic heterocycles. The molecule has 3 rings (SSSR count). The van der Waals surface area contributed by atoms with Crippen molar-refractivity contribution >= 4 is 23.0 Å². The van der Waals surface area contributed by atoms with Crippen molar-refractivity contribution in [3.63, 3.8) is 0 Å². The molecule has 0 spiro atoms. The molecule has 0 saturated carbocycles. The number of nitrogens with one attached hydrogen (secondary N) is 2. The zero-order valence-electron chi connectivity index (χ0n) is 13.6. The number of para-hydroxylation sites is 2. The summed E-state index contributed by atoms with van der Waals surface area (Å²) in [5.74, 6) is 1.32. The lowest BCUT2D eigenvalue weighted by atomic mass is 10.2. The molecule has 5 heteroatoms. The minimum Gasteiger partial charge on any atom is -0.497 e. The molecule has 122 valence electrons. The first-order valence-electron chi connectivity index (χ1n) is 7.73. The second kappa shape index (κ2) is 7.00. The fraction of sp³-hybridized carbons (Fsp3) is 0.158. The fourth-order valence-corrected chi connectivity index (χ4v) is 2.42. The molecule has 5 nitrogen and oxygen atoms in total. The van der Waals surface area contributed by atoms with Crippen LogP contribution in [0.1, 0.15) is 24.4 Å². The molecule has 2 aromatic carbocycles. The van der Waals surface area contributed by atoms with E-state index >= 15 is 0 Å². The molecule has 24 heavy (non-hydrogen) atoms. The largest absolute Gasteiger partial charge is 0.497 e. The number of aromatic nitrogens is 2. The summed E-state index contributed by atoms with van der Waals surface area (Å²) in [6.07, 6.45) is 3.26. The van der Waals surface area contributed by atoms with Crippen LogP contribution in [-0.2, 0) is 4.79 Å². The summed E-state index contributed by atoms with van der Waals surface area (Å²) in [6, 6.07) is 15.1. The van der Waals surface area contributed by atoms with Gasteiger partial charge >= 0.3 is 0 Å². The summed E-state index contributed by atoms with van der Waals surface area (Å²) >= 11 is 0. The van der Waals surface area contributed by atoms with Crippen LogP contribution in [0, 0.1) is 0 Å². The van der Waals surface area contributed by atoms with Crippen molar-refractivity contribution in [1.29, 1.82) is 0 Å². The van der Waals surface area contributed by atoms with Crippen LogP contribution >= 0.6 is 0 Å². The van der Waals surface area contributed by atoms with Crippen molar-refractivity contribution in [3.05, 3.63) is 66.0 Å². The molecule has 0 radical (unpaired) electrons. The summed E-state index contributed by atoms with van der Waals surface area (Å²) in [5.41, 5.74) is 2.75. The first-order chi connectivity index (χ1) is 11.7. The third-order valence-corrected chi connectivity index (χ3v) is 3.70. The van der Waals surface area contributed by atoms with E-state index < -0.39 is 0 Å². The number of ether oxygens (including phenoxy) is 1. The Morgan fingerprint density at radius 3 is 2.88 bits per heavy atom. The highest BCUT2D eigenvalue weighted by molar-refractivity contribution is 5.92. The minimum absolute atomic E-state index is 0.175. The highest BCUT2D eigenvalue weighted by Crippen LogP contribution is 2.16. The predicted octanol–water partition coefficient (Wildman–Crippen LogP) is 3.46. The van der Waals surface area contributed by atoms with Gasteiger partial charge in [-0.3, -0.25) is 4.79 Å². The lowest BCUT2D eigenvalue weighted by Crippen LogP contribution is -2.25. The number of amides is 1. The van der Waals surface area contributed by atoms with Crippen molar-refractivity contribution in [3.8, 4) is 5.75 Å². The summed E-state index contributed by atoms with van der Waals surface area (Å²) < 4.78 is 5.17. The van der Waals surface area contributed by atoms with Gasteiger partial charge in [0.25, 0.3) is 0 Å². The number of rotatable bonds is 5. The van der Waals surface area contributed by atoms with Crippen molar-refractivity contribution < 1.29 is 9.53 Å². The van der Waals surface area contributed by atoms with Crippen molar-refractivity contribution in [1.82, 2.24) is 15.3 Å². The molecule has 0 aliphatic rings. The van der Waals surface area contributed by atoms with E-state index in [0.29, 0.717) is 0 Å². The topological polar surface area (TPSA) is 67.0 Å². The second-order valence-electron chi connectivity index (χ2n) is 5.48. The number of aromatic amines is 1. The highest BCUT2D eigenvalue weighted by Gasteiger charge is 2.11. The van der Waals surface area contributed by atoms with Gasteiger partial charge < -0.3 is 15.0 Å². The first-order valence-corrected chi connectivity index (χ1v) is 7.73. The lowest BCUT2D eigenvalue weighted by Gasteiger charge is -2.09. The molecule has 1 unspecified atom stereocenters. The number of carbonyl (C=O) groups excluding carboxylic acids is 1. The minimum atomic E-state index is -0.208. The van der Waals surface area contributed by atoms with Gasteiger partial charge in [0, 0.05) is 6.08 Å². The Morgan fingerprint density at radius 1 is 1.25 bits per heavy atom. The van der Waals surface area contributed by atoms with Crippen LogP contribution < -0.4 is 10.1 Å². The van der Waals surface area contributed by atoms with Crippen LogP contribution in [0.25, 0.3) is 17.1 Å².